The molecule has 1 saturated heterocycles. The van der Waals surface area contributed by atoms with Gasteiger partial charge in [-0.2, -0.15) is 0 Å². The zero-order valence-corrected chi connectivity index (χ0v) is 17.6. The molecule has 0 saturated carbocycles. The summed E-state index contributed by atoms with van der Waals surface area (Å²) in [7, 11) is 1.54. The summed E-state index contributed by atoms with van der Waals surface area (Å²) in [6.45, 7) is -0.0245. The van der Waals surface area contributed by atoms with Gasteiger partial charge in [-0.15, -0.1) is 0 Å². The Bertz CT molecular complexity index is 1380. The molecule has 5 rings (SSSR count). The third-order valence-electron chi connectivity index (χ3n) is 5.97. The topological polar surface area (TPSA) is 92.6 Å². The maximum atomic E-state index is 13.2. The lowest BCUT2D eigenvalue weighted by Crippen LogP contribution is -2.47. The van der Waals surface area contributed by atoms with Crippen LogP contribution in [0.4, 0.5) is 9.18 Å². The van der Waals surface area contributed by atoms with Crippen LogP contribution in [0.2, 0.25) is 0 Å². The van der Waals surface area contributed by atoms with Crippen LogP contribution in [0.5, 0.6) is 11.6 Å². The van der Waals surface area contributed by atoms with Crippen LogP contribution in [0.1, 0.15) is 5.56 Å². The molecule has 1 aromatic heterocycles. The largest absolute Gasteiger partial charge is 0.497 e. The number of methoxy groups -OCH3 is 1. The number of imide groups is 1. The number of rotatable bonds is 5. The van der Waals surface area contributed by atoms with Crippen molar-refractivity contribution in [2.75, 3.05) is 7.11 Å². The lowest BCUT2D eigenvalue weighted by molar-refractivity contribution is -0.124. The summed E-state index contributed by atoms with van der Waals surface area (Å²) >= 11 is 0. The SMILES string of the molecule is COc1ccc2cn(C[C@@]3(c4ccc(-c5ccc(F)cc5)cc4)NC(=O)NC3=O)c(O)c2c1. The van der Waals surface area contributed by atoms with Crippen LogP contribution in [-0.2, 0) is 16.9 Å². The maximum Gasteiger partial charge on any atom is 0.322 e. The molecular formula is C25H20FN3O4. The minimum Gasteiger partial charge on any atom is -0.497 e. The van der Waals surface area contributed by atoms with Gasteiger partial charge in [0.15, 0.2) is 11.4 Å². The molecule has 8 heteroatoms. The number of aromatic hydroxyl groups is 1. The van der Waals surface area contributed by atoms with E-state index < -0.39 is 17.5 Å². The molecular weight excluding hydrogens is 425 g/mol. The Morgan fingerprint density at radius 1 is 1.00 bits per heavy atom. The number of aromatic nitrogens is 1. The van der Waals surface area contributed by atoms with E-state index in [9.17, 15) is 19.1 Å². The van der Waals surface area contributed by atoms with E-state index in [1.165, 1.54) is 23.8 Å². The second-order valence-corrected chi connectivity index (χ2v) is 7.93. The van der Waals surface area contributed by atoms with Crippen molar-refractivity contribution in [3.63, 3.8) is 0 Å². The van der Waals surface area contributed by atoms with Crippen LogP contribution in [0.3, 0.4) is 0 Å². The van der Waals surface area contributed by atoms with Gasteiger partial charge >= 0.3 is 6.03 Å². The molecule has 0 unspecified atom stereocenters. The van der Waals surface area contributed by atoms with Crippen molar-refractivity contribution >= 4 is 22.7 Å². The molecule has 33 heavy (non-hydrogen) atoms. The zero-order valence-electron chi connectivity index (χ0n) is 17.6. The predicted octanol–water partition coefficient (Wildman–Crippen LogP) is 3.90. The first kappa shape index (κ1) is 20.6. The van der Waals surface area contributed by atoms with Crippen LogP contribution >= 0.6 is 0 Å². The number of fused-ring (bicyclic) bond motifs is 1. The smallest absolute Gasteiger partial charge is 0.322 e. The van der Waals surface area contributed by atoms with Gasteiger partial charge < -0.3 is 19.7 Å². The number of nitrogens with zero attached hydrogens (tertiary/aromatic N) is 1. The highest BCUT2D eigenvalue weighted by Crippen LogP contribution is 2.35. The number of hydrogen-bond donors (Lipinski definition) is 3. The zero-order chi connectivity index (χ0) is 23.2. The van der Waals surface area contributed by atoms with E-state index in [0.29, 0.717) is 16.7 Å². The number of carbonyl (C=O) groups excluding carboxylic acids is 2. The van der Waals surface area contributed by atoms with Crippen LogP contribution in [0.25, 0.3) is 21.9 Å². The number of halogens is 1. The fraction of sp³-hybridized carbons (Fsp3) is 0.120. The summed E-state index contributed by atoms with van der Waals surface area (Å²) in [5.41, 5.74) is 0.779. The fourth-order valence-corrected chi connectivity index (χ4v) is 4.22. The van der Waals surface area contributed by atoms with E-state index in [0.717, 1.165) is 16.5 Å². The Morgan fingerprint density at radius 2 is 1.67 bits per heavy atom. The molecule has 0 radical (unpaired) electrons. The Balaban J connectivity index is 1.55. The van der Waals surface area contributed by atoms with E-state index in [2.05, 4.69) is 10.6 Å². The second kappa shape index (κ2) is 7.67. The van der Waals surface area contributed by atoms with E-state index >= 15 is 0 Å². The lowest BCUT2D eigenvalue weighted by Gasteiger charge is -2.27. The lowest BCUT2D eigenvalue weighted by atomic mass is 9.88. The van der Waals surface area contributed by atoms with Gasteiger partial charge in [-0.3, -0.25) is 10.1 Å². The summed E-state index contributed by atoms with van der Waals surface area (Å²) in [5.74, 6) is -0.290. The highest BCUT2D eigenvalue weighted by Gasteiger charge is 2.48. The molecule has 1 fully saturated rings. The third-order valence-corrected chi connectivity index (χ3v) is 5.97. The maximum absolute atomic E-state index is 13.2. The molecule has 0 spiro atoms. The van der Waals surface area contributed by atoms with Crippen molar-refractivity contribution in [2.45, 2.75) is 12.1 Å². The molecule has 4 aromatic rings. The standard InChI is InChI=1S/C25H20FN3O4/c1-33-20-11-6-17-13-29(22(30)21(17)12-20)14-25(23(31)27-24(32)28-25)18-7-2-15(3-8-18)16-4-9-19(26)10-5-16/h2-13,30H,14H2,1H3,(H2,27,28,31,32)/t25-/m0/s1. The Hall–Kier alpha value is -4.33. The molecule has 7 nitrogen and oxygen atoms in total. The summed E-state index contributed by atoms with van der Waals surface area (Å²) in [6, 6.07) is 17.9. The van der Waals surface area contributed by atoms with Gasteiger partial charge in [0.25, 0.3) is 5.91 Å². The Morgan fingerprint density at radius 3 is 2.27 bits per heavy atom. The number of nitrogens with one attached hydrogen (secondary N) is 2. The van der Waals surface area contributed by atoms with Crippen molar-refractivity contribution in [2.24, 2.45) is 0 Å². The molecule has 3 amide bonds. The normalized spacial score (nSPS) is 17.8. The Kier molecular flexibility index (Phi) is 4.78. The number of urea groups is 1. The second-order valence-electron chi connectivity index (χ2n) is 7.93. The average molecular weight is 445 g/mol. The van der Waals surface area contributed by atoms with Crippen molar-refractivity contribution < 1.29 is 23.8 Å². The van der Waals surface area contributed by atoms with Crippen LogP contribution in [0.15, 0.2) is 72.9 Å². The molecule has 1 aliphatic heterocycles. The number of ether oxygens (including phenoxy) is 1. The first-order valence-corrected chi connectivity index (χ1v) is 10.3. The number of benzene rings is 3. The van der Waals surface area contributed by atoms with Crippen LogP contribution in [-0.4, -0.2) is 28.7 Å². The molecule has 1 aliphatic rings. The van der Waals surface area contributed by atoms with Crippen LogP contribution in [0, 0.1) is 5.82 Å². The Labute approximate surface area is 188 Å². The van der Waals surface area contributed by atoms with Crippen molar-refractivity contribution in [1.82, 2.24) is 15.2 Å². The van der Waals surface area contributed by atoms with Gasteiger partial charge in [-0.1, -0.05) is 36.4 Å². The fourth-order valence-electron chi connectivity index (χ4n) is 4.22. The van der Waals surface area contributed by atoms with Crippen molar-refractivity contribution in [3.8, 4) is 22.8 Å². The summed E-state index contributed by atoms with van der Waals surface area (Å²) in [4.78, 5) is 25.1. The summed E-state index contributed by atoms with van der Waals surface area (Å²) in [5, 5.41) is 17.2. The minimum absolute atomic E-state index is 0.0245. The first-order valence-electron chi connectivity index (χ1n) is 10.3. The minimum atomic E-state index is -1.42. The van der Waals surface area contributed by atoms with E-state index in [-0.39, 0.29) is 18.2 Å². The highest BCUT2D eigenvalue weighted by molar-refractivity contribution is 6.07. The monoisotopic (exact) mass is 445 g/mol. The van der Waals surface area contributed by atoms with Gasteiger partial charge in [0, 0.05) is 17.0 Å². The van der Waals surface area contributed by atoms with Crippen molar-refractivity contribution in [1.29, 1.82) is 0 Å². The predicted molar refractivity (Wildman–Crippen MR) is 120 cm³/mol. The first-order chi connectivity index (χ1) is 15.9. The van der Waals surface area contributed by atoms with Crippen LogP contribution < -0.4 is 15.4 Å². The quantitative estimate of drug-likeness (QED) is 0.407. The number of amides is 3. The molecule has 166 valence electrons. The van der Waals surface area contributed by atoms with Gasteiger partial charge in [-0.25, -0.2) is 9.18 Å². The number of hydrogen-bond acceptors (Lipinski definition) is 4. The molecule has 1 atom stereocenters. The van der Waals surface area contributed by atoms with E-state index in [1.807, 2.05) is 6.07 Å². The molecule has 0 bridgehead atoms. The molecule has 0 aliphatic carbocycles. The highest BCUT2D eigenvalue weighted by atomic mass is 19.1. The molecule has 2 heterocycles. The van der Waals surface area contributed by atoms with Gasteiger partial charge in [0.05, 0.1) is 13.7 Å². The molecule has 3 aromatic carbocycles. The van der Waals surface area contributed by atoms with Gasteiger partial charge in [0.2, 0.25) is 0 Å². The average Bonchev–Trinajstić information content (AvgIpc) is 3.29. The van der Waals surface area contributed by atoms with E-state index in [4.69, 9.17) is 4.74 Å². The summed E-state index contributed by atoms with van der Waals surface area (Å²) in [6.07, 6.45) is 1.72. The van der Waals surface area contributed by atoms with Gasteiger partial charge in [-0.05, 0) is 47.0 Å². The summed E-state index contributed by atoms with van der Waals surface area (Å²) < 4.78 is 20.0. The molecule has 3 N–H and O–H groups in total. The third kappa shape index (κ3) is 3.45. The number of carbonyl (C=O) groups is 2. The van der Waals surface area contributed by atoms with E-state index in [1.54, 1.807) is 54.7 Å². The van der Waals surface area contributed by atoms with Crippen molar-refractivity contribution in [3.05, 3.63) is 84.3 Å². The van der Waals surface area contributed by atoms with Gasteiger partial charge in [0.1, 0.15) is 11.6 Å².